The van der Waals surface area contributed by atoms with Gasteiger partial charge in [-0.05, 0) is 61.6 Å². The molecule has 2 aromatic carbocycles. The molecule has 0 bridgehead atoms. The number of urea groups is 1. The van der Waals surface area contributed by atoms with Gasteiger partial charge in [0, 0.05) is 36.5 Å². The Bertz CT molecular complexity index is 1010. The van der Waals surface area contributed by atoms with Crippen LogP contribution in [0, 0.1) is 17.8 Å². The number of likely N-dealkylation sites (tertiary alicyclic amines) is 1. The number of carbonyl (C=O) groups excluding carboxylic acids is 2. The second-order valence-electron chi connectivity index (χ2n) is 8.57. The predicted octanol–water partition coefficient (Wildman–Crippen LogP) is 4.93. The van der Waals surface area contributed by atoms with E-state index in [-0.39, 0.29) is 12.1 Å². The minimum absolute atomic E-state index is 0.105. The number of nitrogens with zero attached hydrogens (tertiary/aromatic N) is 1. The van der Waals surface area contributed by atoms with Gasteiger partial charge in [0.2, 0.25) is 0 Å². The Hall–Kier alpha value is -3.30. The fourth-order valence-corrected chi connectivity index (χ4v) is 3.56. The average molecular weight is 449 g/mol. The smallest absolute Gasteiger partial charge is 0.337 e. The van der Waals surface area contributed by atoms with Crippen LogP contribution in [0.15, 0.2) is 48.5 Å². The number of ether oxygens (including phenoxy) is 2. The molecular formula is C27H32N2O4. The van der Waals surface area contributed by atoms with Crippen molar-refractivity contribution in [2.75, 3.05) is 32.1 Å². The van der Waals surface area contributed by atoms with E-state index < -0.39 is 5.97 Å². The van der Waals surface area contributed by atoms with E-state index in [0.29, 0.717) is 35.8 Å². The molecule has 0 unspecified atom stereocenters. The fourth-order valence-electron chi connectivity index (χ4n) is 3.56. The highest BCUT2D eigenvalue weighted by Gasteiger charge is 2.23. The molecular weight excluding hydrogens is 416 g/mol. The van der Waals surface area contributed by atoms with E-state index in [1.807, 2.05) is 35.2 Å². The Balaban J connectivity index is 1.54. The number of methoxy groups -OCH3 is 1. The summed E-state index contributed by atoms with van der Waals surface area (Å²) in [6, 6.07) is 14.3. The van der Waals surface area contributed by atoms with E-state index in [9.17, 15) is 9.59 Å². The zero-order chi connectivity index (χ0) is 23.6. The van der Waals surface area contributed by atoms with E-state index in [1.54, 1.807) is 18.2 Å². The number of rotatable bonds is 6. The zero-order valence-corrected chi connectivity index (χ0v) is 19.6. The summed E-state index contributed by atoms with van der Waals surface area (Å²) in [7, 11) is 1.35. The van der Waals surface area contributed by atoms with Crippen molar-refractivity contribution in [3.63, 3.8) is 0 Å². The molecule has 1 N–H and O–H groups in total. The quantitative estimate of drug-likeness (QED) is 0.503. The van der Waals surface area contributed by atoms with E-state index in [0.717, 1.165) is 31.4 Å². The Kier molecular flexibility index (Phi) is 8.91. The Morgan fingerprint density at radius 2 is 1.73 bits per heavy atom. The molecule has 0 aromatic heterocycles. The molecule has 174 valence electrons. The van der Waals surface area contributed by atoms with Gasteiger partial charge >= 0.3 is 12.0 Å². The lowest BCUT2D eigenvalue weighted by molar-refractivity contribution is 0.0112. The van der Waals surface area contributed by atoms with Crippen molar-refractivity contribution in [1.29, 1.82) is 0 Å². The molecule has 1 aliphatic heterocycles. The molecule has 6 nitrogen and oxygen atoms in total. The number of benzene rings is 2. The Morgan fingerprint density at radius 3 is 2.39 bits per heavy atom. The number of hydrogen-bond donors (Lipinski definition) is 1. The van der Waals surface area contributed by atoms with Crippen LogP contribution in [-0.2, 0) is 9.47 Å². The van der Waals surface area contributed by atoms with Crippen LogP contribution in [0.2, 0.25) is 0 Å². The van der Waals surface area contributed by atoms with Crippen LogP contribution < -0.4 is 5.32 Å². The molecule has 3 rings (SSSR count). The first-order chi connectivity index (χ1) is 15.9. The maximum atomic E-state index is 12.7. The zero-order valence-electron chi connectivity index (χ0n) is 19.6. The summed E-state index contributed by atoms with van der Waals surface area (Å²) in [6.07, 6.45) is 3.03. The van der Waals surface area contributed by atoms with Crippen molar-refractivity contribution in [2.45, 2.75) is 39.2 Å². The van der Waals surface area contributed by atoms with Gasteiger partial charge in [0.25, 0.3) is 0 Å². The number of carbonyl (C=O) groups is 2. The maximum absolute atomic E-state index is 12.7. The fraction of sp³-hybridized carbons (Fsp3) is 0.407. The predicted molar refractivity (Wildman–Crippen MR) is 129 cm³/mol. The highest BCUT2D eigenvalue weighted by molar-refractivity contribution is 5.90. The molecule has 1 heterocycles. The molecule has 0 atom stereocenters. The molecule has 0 aliphatic carbocycles. The molecule has 1 fully saturated rings. The van der Waals surface area contributed by atoms with Crippen molar-refractivity contribution in [3.8, 4) is 11.8 Å². The van der Waals surface area contributed by atoms with Crippen molar-refractivity contribution < 1.29 is 19.1 Å². The summed E-state index contributed by atoms with van der Waals surface area (Å²) in [5.74, 6) is 6.39. The number of hydrogen-bond acceptors (Lipinski definition) is 4. The van der Waals surface area contributed by atoms with Crippen LogP contribution in [0.25, 0.3) is 0 Å². The van der Waals surface area contributed by atoms with Gasteiger partial charge in [-0.25, -0.2) is 9.59 Å². The van der Waals surface area contributed by atoms with Crippen LogP contribution >= 0.6 is 0 Å². The topological polar surface area (TPSA) is 67.9 Å². The van der Waals surface area contributed by atoms with E-state index in [4.69, 9.17) is 9.47 Å². The van der Waals surface area contributed by atoms with Crippen molar-refractivity contribution >= 4 is 17.7 Å². The van der Waals surface area contributed by atoms with Gasteiger partial charge in [0.1, 0.15) is 0 Å². The number of amides is 2. The number of nitrogens with one attached hydrogen (secondary N) is 1. The third-order valence-electron chi connectivity index (χ3n) is 5.53. The summed E-state index contributed by atoms with van der Waals surface area (Å²) in [5.41, 5.74) is 2.64. The van der Waals surface area contributed by atoms with Crippen LogP contribution in [0.3, 0.4) is 0 Å². The van der Waals surface area contributed by atoms with Gasteiger partial charge in [-0.2, -0.15) is 0 Å². The second kappa shape index (κ2) is 12.1. The molecule has 1 saturated heterocycles. The van der Waals surface area contributed by atoms with Gasteiger partial charge < -0.3 is 19.7 Å². The molecule has 0 saturated carbocycles. The van der Waals surface area contributed by atoms with Gasteiger partial charge in [-0.1, -0.05) is 37.8 Å². The molecule has 1 aliphatic rings. The molecule has 0 spiro atoms. The highest BCUT2D eigenvalue weighted by atomic mass is 16.5. The third-order valence-corrected chi connectivity index (χ3v) is 5.53. The Labute approximate surface area is 196 Å². The van der Waals surface area contributed by atoms with Crippen LogP contribution in [0.5, 0.6) is 0 Å². The molecule has 6 heteroatoms. The minimum atomic E-state index is -0.394. The third kappa shape index (κ3) is 7.65. The molecule has 33 heavy (non-hydrogen) atoms. The lowest BCUT2D eigenvalue weighted by Gasteiger charge is -2.32. The first kappa shape index (κ1) is 24.3. The summed E-state index contributed by atoms with van der Waals surface area (Å²) in [5, 5.41) is 2.97. The largest absolute Gasteiger partial charge is 0.465 e. The summed E-state index contributed by atoms with van der Waals surface area (Å²) < 4.78 is 10.7. The lowest BCUT2D eigenvalue weighted by atomic mass is 10.1. The standard InChI is InChI=1S/C27H32N2O4/c1-20(2)14-17-33-25-12-15-29(16-13-25)27(31)28-24-9-5-7-22(19-24)11-10-21-6-4-8-23(18-21)26(30)32-3/h4-9,18-20,25H,12-17H2,1-3H3,(H,28,31). The maximum Gasteiger partial charge on any atom is 0.337 e. The second-order valence-corrected chi connectivity index (χ2v) is 8.57. The summed E-state index contributed by atoms with van der Waals surface area (Å²) in [6.45, 7) is 6.55. The molecule has 2 amide bonds. The van der Waals surface area contributed by atoms with E-state index in [2.05, 4.69) is 31.0 Å². The average Bonchev–Trinajstić information content (AvgIpc) is 2.83. The van der Waals surface area contributed by atoms with Crippen LogP contribution in [-0.4, -0.2) is 49.8 Å². The normalized spacial score (nSPS) is 13.9. The van der Waals surface area contributed by atoms with Gasteiger partial charge in [0.05, 0.1) is 18.8 Å². The number of piperidine rings is 1. The highest BCUT2D eigenvalue weighted by Crippen LogP contribution is 2.17. The van der Waals surface area contributed by atoms with E-state index >= 15 is 0 Å². The first-order valence-electron chi connectivity index (χ1n) is 11.4. The van der Waals surface area contributed by atoms with Gasteiger partial charge in [-0.3, -0.25) is 0 Å². The van der Waals surface area contributed by atoms with Gasteiger partial charge in [0.15, 0.2) is 0 Å². The number of esters is 1. The summed E-state index contributed by atoms with van der Waals surface area (Å²) in [4.78, 5) is 26.2. The summed E-state index contributed by atoms with van der Waals surface area (Å²) >= 11 is 0. The van der Waals surface area contributed by atoms with Crippen molar-refractivity contribution in [1.82, 2.24) is 4.90 Å². The van der Waals surface area contributed by atoms with E-state index in [1.165, 1.54) is 7.11 Å². The molecule has 2 aromatic rings. The molecule has 0 radical (unpaired) electrons. The van der Waals surface area contributed by atoms with Gasteiger partial charge in [-0.15, -0.1) is 0 Å². The first-order valence-corrected chi connectivity index (χ1v) is 11.4. The Morgan fingerprint density at radius 1 is 1.06 bits per heavy atom. The van der Waals surface area contributed by atoms with Crippen LogP contribution in [0.1, 0.15) is 54.6 Å². The van der Waals surface area contributed by atoms with Crippen molar-refractivity contribution in [3.05, 3.63) is 65.2 Å². The number of anilines is 1. The lowest BCUT2D eigenvalue weighted by Crippen LogP contribution is -2.43. The SMILES string of the molecule is COC(=O)c1cccc(C#Cc2cccc(NC(=O)N3CCC(OCCC(C)C)CC3)c2)c1. The minimum Gasteiger partial charge on any atom is -0.465 e. The monoisotopic (exact) mass is 448 g/mol. The van der Waals surface area contributed by atoms with Crippen molar-refractivity contribution in [2.24, 2.45) is 5.92 Å². The van der Waals surface area contributed by atoms with Crippen LogP contribution in [0.4, 0.5) is 10.5 Å².